The Morgan fingerprint density at radius 2 is 1.60 bits per heavy atom. The molecule has 0 spiro atoms. The molecule has 1 saturated carbocycles. The third-order valence-corrected chi connectivity index (χ3v) is 4.04. The smallest absolute Gasteiger partial charge is 0.264 e. The summed E-state index contributed by atoms with van der Waals surface area (Å²) in [7, 11) is 0. The van der Waals surface area contributed by atoms with E-state index in [4.69, 9.17) is 0 Å². The lowest BCUT2D eigenvalue weighted by molar-refractivity contribution is -0.137. The number of pyridine rings is 1. The molecule has 0 bridgehead atoms. The minimum Gasteiger partial charge on any atom is -0.264 e. The van der Waals surface area contributed by atoms with Gasteiger partial charge in [-0.1, -0.05) is 37.3 Å². The van der Waals surface area contributed by atoms with Crippen molar-refractivity contribution >= 4 is 0 Å². The summed E-state index contributed by atoms with van der Waals surface area (Å²) in [5, 5.41) is 0. The first kappa shape index (κ1) is 13.2. The second-order valence-electron chi connectivity index (χ2n) is 5.33. The van der Waals surface area contributed by atoms with Crippen molar-refractivity contribution in [1.29, 1.82) is 0 Å². The van der Waals surface area contributed by atoms with Crippen molar-refractivity contribution in [3.63, 3.8) is 0 Å². The topological polar surface area (TPSA) is 12.9 Å². The maximum atomic E-state index is 12.7. The van der Waals surface area contributed by atoms with Gasteiger partial charge < -0.3 is 0 Å². The minimum absolute atomic E-state index is 0.132. The van der Waals surface area contributed by atoms with Gasteiger partial charge >= 0.3 is 6.18 Å². The lowest BCUT2D eigenvalue weighted by atomic mass is 10.0. The monoisotopic (exact) mass is 277 g/mol. The first-order chi connectivity index (χ1) is 9.48. The average Bonchev–Trinajstić information content (AvgIpc) is 3.10. The summed E-state index contributed by atoms with van der Waals surface area (Å²) in [6, 6.07) is 11.2. The SMILES string of the molecule is CC1C(c2ccccc2)C1c1cncc(C(F)(F)F)c1. The van der Waals surface area contributed by atoms with E-state index in [-0.39, 0.29) is 5.92 Å². The maximum Gasteiger partial charge on any atom is 0.417 e. The van der Waals surface area contributed by atoms with Crippen LogP contribution in [0.25, 0.3) is 0 Å². The van der Waals surface area contributed by atoms with Crippen LogP contribution in [0.1, 0.15) is 35.4 Å². The van der Waals surface area contributed by atoms with Gasteiger partial charge in [0.2, 0.25) is 0 Å². The van der Waals surface area contributed by atoms with E-state index in [2.05, 4.69) is 11.9 Å². The number of hydrogen-bond donors (Lipinski definition) is 0. The summed E-state index contributed by atoms with van der Waals surface area (Å²) >= 11 is 0. The molecule has 1 aromatic carbocycles. The lowest BCUT2D eigenvalue weighted by Crippen LogP contribution is -2.06. The zero-order valence-corrected chi connectivity index (χ0v) is 10.9. The van der Waals surface area contributed by atoms with Crippen LogP contribution in [0.3, 0.4) is 0 Å². The van der Waals surface area contributed by atoms with Crippen LogP contribution in [0.15, 0.2) is 48.8 Å². The van der Waals surface area contributed by atoms with Crippen molar-refractivity contribution in [3.05, 3.63) is 65.5 Å². The van der Waals surface area contributed by atoms with Gasteiger partial charge in [0.05, 0.1) is 5.56 Å². The third-order valence-electron chi connectivity index (χ3n) is 4.04. The molecule has 0 N–H and O–H groups in total. The molecule has 3 unspecified atom stereocenters. The zero-order chi connectivity index (χ0) is 14.3. The minimum atomic E-state index is -4.33. The molecule has 104 valence electrons. The fraction of sp³-hybridized carbons (Fsp3) is 0.312. The van der Waals surface area contributed by atoms with Gasteiger partial charge in [0, 0.05) is 12.4 Å². The molecular formula is C16H14F3N. The highest BCUT2D eigenvalue weighted by Gasteiger charge is 2.48. The van der Waals surface area contributed by atoms with Crippen LogP contribution in [-0.4, -0.2) is 4.98 Å². The number of hydrogen-bond acceptors (Lipinski definition) is 1. The van der Waals surface area contributed by atoms with Gasteiger partial charge in [0.1, 0.15) is 0 Å². The fourth-order valence-corrected chi connectivity index (χ4v) is 2.95. The molecule has 0 radical (unpaired) electrons. The van der Waals surface area contributed by atoms with Gasteiger partial charge in [0.25, 0.3) is 0 Å². The summed E-state index contributed by atoms with van der Waals surface area (Å²) in [5.74, 6) is 0.774. The van der Waals surface area contributed by atoms with Crippen molar-refractivity contribution in [2.45, 2.75) is 24.9 Å². The maximum absolute atomic E-state index is 12.7. The normalized spacial score (nSPS) is 25.5. The Morgan fingerprint density at radius 1 is 0.950 bits per heavy atom. The standard InChI is InChI=1S/C16H14F3N/c1-10-14(11-5-3-2-4-6-11)15(10)12-7-13(9-20-8-12)16(17,18)19/h2-10,14-15H,1H3. The summed E-state index contributed by atoms with van der Waals surface area (Å²) < 4.78 is 38.2. The van der Waals surface area contributed by atoms with E-state index in [1.165, 1.54) is 11.6 Å². The Kier molecular flexibility index (Phi) is 3.04. The summed E-state index contributed by atoms with van der Waals surface area (Å²) in [4.78, 5) is 3.75. The van der Waals surface area contributed by atoms with Crippen molar-refractivity contribution in [2.24, 2.45) is 5.92 Å². The highest BCUT2D eigenvalue weighted by Crippen LogP contribution is 2.60. The van der Waals surface area contributed by atoms with Gasteiger partial charge in [-0.3, -0.25) is 4.98 Å². The molecular weight excluding hydrogens is 263 g/mol. The number of alkyl halides is 3. The zero-order valence-electron chi connectivity index (χ0n) is 10.9. The van der Waals surface area contributed by atoms with Crippen LogP contribution < -0.4 is 0 Å². The molecule has 3 atom stereocenters. The van der Waals surface area contributed by atoms with E-state index in [1.807, 2.05) is 30.3 Å². The Bertz CT molecular complexity index is 607. The van der Waals surface area contributed by atoms with E-state index >= 15 is 0 Å². The number of halogens is 3. The van der Waals surface area contributed by atoms with Crippen molar-refractivity contribution < 1.29 is 13.2 Å². The van der Waals surface area contributed by atoms with Crippen LogP contribution >= 0.6 is 0 Å². The highest BCUT2D eigenvalue weighted by molar-refractivity contribution is 5.39. The van der Waals surface area contributed by atoms with Crippen LogP contribution in [-0.2, 0) is 6.18 Å². The average molecular weight is 277 g/mol. The van der Waals surface area contributed by atoms with Crippen molar-refractivity contribution in [1.82, 2.24) is 4.98 Å². The second-order valence-corrected chi connectivity index (χ2v) is 5.33. The Labute approximate surface area is 115 Å². The Balaban J connectivity index is 1.88. The van der Waals surface area contributed by atoms with Gasteiger partial charge in [-0.25, -0.2) is 0 Å². The predicted molar refractivity (Wildman–Crippen MR) is 70.3 cm³/mol. The molecule has 20 heavy (non-hydrogen) atoms. The van der Waals surface area contributed by atoms with E-state index in [1.54, 1.807) is 6.20 Å². The Morgan fingerprint density at radius 3 is 2.25 bits per heavy atom. The fourth-order valence-electron chi connectivity index (χ4n) is 2.95. The van der Waals surface area contributed by atoms with E-state index in [0.29, 0.717) is 17.4 Å². The molecule has 0 aliphatic heterocycles. The summed E-state index contributed by atoms with van der Waals surface area (Å²) in [6.45, 7) is 2.07. The van der Waals surface area contributed by atoms with Crippen LogP contribution in [0.4, 0.5) is 13.2 Å². The van der Waals surface area contributed by atoms with Gasteiger partial charge in [-0.05, 0) is 34.9 Å². The van der Waals surface area contributed by atoms with E-state index in [9.17, 15) is 13.2 Å². The van der Waals surface area contributed by atoms with E-state index in [0.717, 1.165) is 6.20 Å². The van der Waals surface area contributed by atoms with Crippen molar-refractivity contribution in [3.8, 4) is 0 Å². The molecule has 2 aromatic rings. The van der Waals surface area contributed by atoms with Gasteiger partial charge in [0.15, 0.2) is 0 Å². The number of nitrogens with zero attached hydrogens (tertiary/aromatic N) is 1. The van der Waals surface area contributed by atoms with Crippen LogP contribution in [0, 0.1) is 5.92 Å². The number of aromatic nitrogens is 1. The first-order valence-electron chi connectivity index (χ1n) is 6.55. The summed E-state index contributed by atoms with van der Waals surface area (Å²) in [5.41, 5.74) is 1.20. The molecule has 1 aliphatic rings. The molecule has 1 heterocycles. The molecule has 4 heteroatoms. The van der Waals surface area contributed by atoms with Crippen molar-refractivity contribution in [2.75, 3.05) is 0 Å². The molecule has 1 nitrogen and oxygen atoms in total. The lowest BCUT2D eigenvalue weighted by Gasteiger charge is -2.08. The molecule has 1 aromatic heterocycles. The highest BCUT2D eigenvalue weighted by atomic mass is 19.4. The van der Waals surface area contributed by atoms with Crippen LogP contribution in [0.5, 0.6) is 0 Å². The molecule has 1 aliphatic carbocycles. The summed E-state index contributed by atoms with van der Waals surface area (Å²) in [6.07, 6.45) is -1.89. The third kappa shape index (κ3) is 2.30. The number of benzene rings is 1. The Hall–Kier alpha value is -1.84. The predicted octanol–water partition coefficient (Wildman–Crippen LogP) is 4.62. The van der Waals surface area contributed by atoms with E-state index < -0.39 is 11.7 Å². The molecule has 1 fully saturated rings. The molecule has 0 amide bonds. The van der Waals surface area contributed by atoms with Gasteiger partial charge in [-0.2, -0.15) is 13.2 Å². The molecule has 0 saturated heterocycles. The molecule has 3 rings (SSSR count). The number of rotatable bonds is 2. The first-order valence-corrected chi connectivity index (χ1v) is 6.55. The second kappa shape index (κ2) is 4.62. The van der Waals surface area contributed by atoms with Crippen LogP contribution in [0.2, 0.25) is 0 Å². The quantitative estimate of drug-likeness (QED) is 0.780. The largest absolute Gasteiger partial charge is 0.417 e. The van der Waals surface area contributed by atoms with Gasteiger partial charge in [-0.15, -0.1) is 0 Å².